The van der Waals surface area contributed by atoms with Gasteiger partial charge in [-0.05, 0) is 37.5 Å². The van der Waals surface area contributed by atoms with Gasteiger partial charge in [-0.2, -0.15) is 0 Å². The van der Waals surface area contributed by atoms with Crippen LogP contribution in [-0.2, 0) is 16.1 Å². The number of aryl methyl sites for hydroxylation is 1. The van der Waals surface area contributed by atoms with E-state index in [-0.39, 0.29) is 23.5 Å². The maximum atomic E-state index is 12.8. The first-order valence-electron chi connectivity index (χ1n) is 10.2. The Kier molecular flexibility index (Phi) is 6.41. The number of piperidine rings is 1. The van der Waals surface area contributed by atoms with E-state index in [2.05, 4.69) is 10.2 Å². The first kappa shape index (κ1) is 21.2. The van der Waals surface area contributed by atoms with Crippen molar-refractivity contribution in [3.05, 3.63) is 54.0 Å². The van der Waals surface area contributed by atoms with E-state index in [1.54, 1.807) is 11.2 Å². The van der Waals surface area contributed by atoms with Crippen LogP contribution in [0.1, 0.15) is 24.2 Å². The molecular formula is C22H25N5O3S. The number of nitrogens with two attached hydrogens (primary N) is 1. The Morgan fingerprint density at radius 1 is 1.23 bits per heavy atom. The van der Waals surface area contributed by atoms with E-state index in [0.717, 1.165) is 35.6 Å². The van der Waals surface area contributed by atoms with Crippen molar-refractivity contribution in [1.82, 2.24) is 19.7 Å². The molecule has 1 saturated heterocycles. The molecule has 1 atom stereocenters. The van der Waals surface area contributed by atoms with Crippen LogP contribution in [0.15, 0.2) is 52.2 Å². The Morgan fingerprint density at radius 2 is 2.06 bits per heavy atom. The zero-order valence-corrected chi connectivity index (χ0v) is 18.2. The Labute approximate surface area is 184 Å². The van der Waals surface area contributed by atoms with Gasteiger partial charge in [-0.25, -0.2) is 0 Å². The molecule has 0 saturated carbocycles. The average Bonchev–Trinajstić information content (AvgIpc) is 3.43. The van der Waals surface area contributed by atoms with Crippen LogP contribution in [-0.4, -0.2) is 50.3 Å². The van der Waals surface area contributed by atoms with Crippen LogP contribution in [0.25, 0.3) is 11.4 Å². The van der Waals surface area contributed by atoms with E-state index in [1.165, 1.54) is 11.8 Å². The second kappa shape index (κ2) is 9.38. The van der Waals surface area contributed by atoms with Gasteiger partial charge in [0.2, 0.25) is 11.8 Å². The molecule has 0 aliphatic carbocycles. The summed E-state index contributed by atoms with van der Waals surface area (Å²) in [4.78, 5) is 26.0. The lowest BCUT2D eigenvalue weighted by Gasteiger charge is -2.31. The highest BCUT2D eigenvalue weighted by Gasteiger charge is 2.27. The van der Waals surface area contributed by atoms with Gasteiger partial charge in [-0.15, -0.1) is 10.2 Å². The fourth-order valence-electron chi connectivity index (χ4n) is 3.77. The highest BCUT2D eigenvalue weighted by Crippen LogP contribution is 2.28. The lowest BCUT2D eigenvalue weighted by atomic mass is 9.97. The van der Waals surface area contributed by atoms with Crippen molar-refractivity contribution in [3.8, 4) is 11.4 Å². The van der Waals surface area contributed by atoms with Crippen LogP contribution in [0.2, 0.25) is 0 Å². The molecule has 31 heavy (non-hydrogen) atoms. The predicted octanol–water partition coefficient (Wildman–Crippen LogP) is 2.71. The number of carbonyl (C=O) groups excluding carboxylic acids is 2. The summed E-state index contributed by atoms with van der Waals surface area (Å²) in [5, 5.41) is 9.43. The summed E-state index contributed by atoms with van der Waals surface area (Å²) in [6, 6.07) is 11.7. The van der Waals surface area contributed by atoms with Crippen LogP contribution < -0.4 is 5.73 Å². The van der Waals surface area contributed by atoms with Gasteiger partial charge in [0.15, 0.2) is 11.0 Å². The van der Waals surface area contributed by atoms with Crippen molar-refractivity contribution in [2.75, 3.05) is 18.8 Å². The number of nitrogens with zero attached hydrogens (tertiary/aromatic N) is 4. The molecule has 1 unspecified atom stereocenters. The fraction of sp³-hybridized carbons (Fsp3) is 0.364. The van der Waals surface area contributed by atoms with Gasteiger partial charge in [0.1, 0.15) is 5.76 Å². The first-order chi connectivity index (χ1) is 15.0. The summed E-state index contributed by atoms with van der Waals surface area (Å²) in [5.41, 5.74) is 7.51. The van der Waals surface area contributed by atoms with Gasteiger partial charge < -0.3 is 15.1 Å². The SMILES string of the molecule is Cc1ccccc1-c1nnc(SCC(=O)N2CCCC(C(N)=O)C2)n1Cc1ccco1. The van der Waals surface area contributed by atoms with Gasteiger partial charge in [-0.1, -0.05) is 36.0 Å². The Bertz CT molecular complexity index is 1060. The van der Waals surface area contributed by atoms with Crippen LogP contribution in [0.3, 0.4) is 0 Å². The molecule has 1 aromatic carbocycles. The second-order valence-corrected chi connectivity index (χ2v) is 8.60. The Morgan fingerprint density at radius 3 is 2.81 bits per heavy atom. The minimum atomic E-state index is -0.341. The molecule has 2 N–H and O–H groups in total. The van der Waals surface area contributed by atoms with E-state index >= 15 is 0 Å². The van der Waals surface area contributed by atoms with E-state index in [9.17, 15) is 9.59 Å². The molecule has 8 nitrogen and oxygen atoms in total. The molecule has 162 valence electrons. The topological polar surface area (TPSA) is 107 Å². The molecule has 1 aliphatic rings. The minimum absolute atomic E-state index is 0.0269. The van der Waals surface area contributed by atoms with Gasteiger partial charge in [0.05, 0.1) is 24.5 Å². The number of hydrogen-bond donors (Lipinski definition) is 1. The molecule has 2 amide bonds. The molecule has 1 fully saturated rings. The van der Waals surface area contributed by atoms with Crippen LogP contribution >= 0.6 is 11.8 Å². The second-order valence-electron chi connectivity index (χ2n) is 7.66. The molecule has 2 aromatic heterocycles. The molecule has 0 bridgehead atoms. The molecule has 4 rings (SSSR count). The molecule has 9 heteroatoms. The van der Waals surface area contributed by atoms with Crippen molar-refractivity contribution in [3.63, 3.8) is 0 Å². The summed E-state index contributed by atoms with van der Waals surface area (Å²) >= 11 is 1.34. The first-order valence-corrected chi connectivity index (χ1v) is 11.2. The van der Waals surface area contributed by atoms with Gasteiger partial charge in [0, 0.05) is 18.7 Å². The third kappa shape index (κ3) is 4.82. The largest absolute Gasteiger partial charge is 0.467 e. The third-order valence-corrected chi connectivity index (χ3v) is 6.45. The number of benzene rings is 1. The molecule has 1 aliphatic heterocycles. The highest BCUT2D eigenvalue weighted by molar-refractivity contribution is 7.99. The smallest absolute Gasteiger partial charge is 0.233 e. The number of amides is 2. The highest BCUT2D eigenvalue weighted by atomic mass is 32.2. The number of furan rings is 1. The summed E-state index contributed by atoms with van der Waals surface area (Å²) in [7, 11) is 0. The van der Waals surface area contributed by atoms with Crippen LogP contribution in [0, 0.1) is 12.8 Å². The Balaban J connectivity index is 1.53. The number of primary amides is 1. The Hall–Kier alpha value is -3.07. The average molecular weight is 440 g/mol. The van der Waals surface area contributed by atoms with Gasteiger partial charge >= 0.3 is 0 Å². The number of likely N-dealkylation sites (tertiary alicyclic amines) is 1. The number of hydrogen-bond acceptors (Lipinski definition) is 6. The normalized spacial score (nSPS) is 16.4. The van der Waals surface area contributed by atoms with Crippen molar-refractivity contribution >= 4 is 23.6 Å². The minimum Gasteiger partial charge on any atom is -0.467 e. The number of carbonyl (C=O) groups is 2. The van der Waals surface area contributed by atoms with Crippen molar-refractivity contribution in [2.45, 2.75) is 31.5 Å². The summed E-state index contributed by atoms with van der Waals surface area (Å²) in [5.74, 6) is 1.10. The lowest BCUT2D eigenvalue weighted by molar-refractivity contribution is -0.132. The summed E-state index contributed by atoms with van der Waals surface area (Å²) < 4.78 is 7.51. The molecule has 3 aromatic rings. The van der Waals surface area contributed by atoms with Gasteiger partial charge in [-0.3, -0.25) is 14.2 Å². The third-order valence-electron chi connectivity index (χ3n) is 5.50. The monoisotopic (exact) mass is 439 g/mol. The van der Waals surface area contributed by atoms with Gasteiger partial charge in [0.25, 0.3) is 0 Å². The van der Waals surface area contributed by atoms with Crippen molar-refractivity contribution < 1.29 is 14.0 Å². The van der Waals surface area contributed by atoms with E-state index < -0.39 is 0 Å². The van der Waals surface area contributed by atoms with Crippen molar-refractivity contribution in [2.24, 2.45) is 11.7 Å². The standard InChI is InChI=1S/C22H25N5O3S/c1-15-6-2-3-9-18(15)21-24-25-22(27(21)13-17-8-5-11-30-17)31-14-19(28)26-10-4-7-16(12-26)20(23)29/h2-3,5-6,8-9,11,16H,4,7,10,12-14H2,1H3,(H2,23,29). The van der Waals surface area contributed by atoms with Crippen LogP contribution in [0.4, 0.5) is 0 Å². The van der Waals surface area contributed by atoms with Crippen LogP contribution in [0.5, 0.6) is 0 Å². The lowest BCUT2D eigenvalue weighted by Crippen LogP contribution is -2.44. The molecule has 0 spiro atoms. The summed E-state index contributed by atoms with van der Waals surface area (Å²) in [6.07, 6.45) is 3.16. The maximum absolute atomic E-state index is 12.8. The number of rotatable bonds is 7. The molecule has 0 radical (unpaired) electrons. The quantitative estimate of drug-likeness (QED) is 0.567. The molecular weight excluding hydrogens is 414 g/mol. The number of aromatic nitrogens is 3. The summed E-state index contributed by atoms with van der Waals surface area (Å²) in [6.45, 7) is 3.54. The molecule has 3 heterocycles. The van der Waals surface area contributed by atoms with Crippen molar-refractivity contribution in [1.29, 1.82) is 0 Å². The van der Waals surface area contributed by atoms with E-state index in [0.29, 0.717) is 24.8 Å². The maximum Gasteiger partial charge on any atom is 0.233 e. The zero-order valence-electron chi connectivity index (χ0n) is 17.4. The number of thioether (sulfide) groups is 1. The fourth-order valence-corrected chi connectivity index (χ4v) is 4.61. The van der Waals surface area contributed by atoms with E-state index in [1.807, 2.05) is 47.9 Å². The van der Waals surface area contributed by atoms with E-state index in [4.69, 9.17) is 10.2 Å². The predicted molar refractivity (Wildman–Crippen MR) is 117 cm³/mol. The zero-order chi connectivity index (χ0) is 21.8.